The molecule has 0 fully saturated rings. The van der Waals surface area contributed by atoms with Gasteiger partial charge < -0.3 is 14.8 Å². The molecule has 3 heterocycles. The molecule has 5 rings (SSSR count). The molecule has 0 spiro atoms. The molecule has 1 N–H and O–H groups in total. The Morgan fingerprint density at radius 2 is 1.95 bits per heavy atom. The number of aromatic nitrogens is 2. The van der Waals surface area contributed by atoms with E-state index in [1.54, 1.807) is 23.9 Å². The molecule has 3 aromatic heterocycles. The summed E-state index contributed by atoms with van der Waals surface area (Å²) in [6, 6.07) is 21.5. The smallest absolute Gasteiger partial charge is 0.261 e. The van der Waals surface area contributed by atoms with Crippen molar-refractivity contribution in [3.05, 3.63) is 105 Å². The van der Waals surface area contributed by atoms with Crippen molar-refractivity contribution >= 4 is 50.3 Å². The number of anilines is 1. The van der Waals surface area contributed by atoms with Crippen molar-refractivity contribution in [2.24, 2.45) is 0 Å². The second kappa shape index (κ2) is 13.4. The lowest BCUT2D eigenvalue weighted by Gasteiger charge is -2.24. The highest BCUT2D eigenvalue weighted by Crippen LogP contribution is 2.31. The molecule has 2 amide bonds. The van der Waals surface area contributed by atoms with Crippen molar-refractivity contribution in [3.63, 3.8) is 0 Å². The lowest BCUT2D eigenvalue weighted by atomic mass is 10.1. The number of nitriles is 1. The van der Waals surface area contributed by atoms with Gasteiger partial charge in [0.15, 0.2) is 0 Å². The molecular formula is C32H31N5O2S2. The van der Waals surface area contributed by atoms with Crippen LogP contribution >= 0.6 is 22.7 Å². The molecule has 0 radical (unpaired) electrons. The van der Waals surface area contributed by atoms with Crippen LogP contribution in [-0.2, 0) is 24.4 Å². The number of imidazole rings is 1. The van der Waals surface area contributed by atoms with Crippen LogP contribution in [0, 0.1) is 11.3 Å². The summed E-state index contributed by atoms with van der Waals surface area (Å²) in [6.07, 6.45) is 6.93. The van der Waals surface area contributed by atoms with Crippen LogP contribution in [0.25, 0.3) is 10.1 Å². The van der Waals surface area contributed by atoms with E-state index in [2.05, 4.69) is 23.3 Å². The zero-order chi connectivity index (χ0) is 28.6. The van der Waals surface area contributed by atoms with Gasteiger partial charge in [-0.1, -0.05) is 38.0 Å². The third-order valence-corrected chi connectivity index (χ3v) is 8.88. The monoisotopic (exact) mass is 581 g/mol. The zero-order valence-electron chi connectivity index (χ0n) is 22.9. The summed E-state index contributed by atoms with van der Waals surface area (Å²) in [7, 11) is 0. The van der Waals surface area contributed by atoms with Gasteiger partial charge in [0.25, 0.3) is 5.91 Å². The molecule has 7 nitrogen and oxygen atoms in total. The molecule has 0 saturated carbocycles. The summed E-state index contributed by atoms with van der Waals surface area (Å²) in [5, 5.41) is 15.0. The first-order valence-electron chi connectivity index (χ1n) is 13.7. The third kappa shape index (κ3) is 7.09. The number of amides is 2. The summed E-state index contributed by atoms with van der Waals surface area (Å²) in [5.74, 6) is -0.0339. The van der Waals surface area contributed by atoms with Gasteiger partial charge in [-0.15, -0.1) is 22.7 Å². The number of rotatable bonds is 12. The van der Waals surface area contributed by atoms with Crippen molar-refractivity contribution in [1.82, 2.24) is 14.9 Å². The number of hydrogen-bond acceptors (Lipinski definition) is 6. The molecule has 0 aliphatic rings. The van der Waals surface area contributed by atoms with Crippen LogP contribution in [0.4, 0.5) is 5.69 Å². The van der Waals surface area contributed by atoms with Crippen LogP contribution in [0.15, 0.2) is 78.6 Å². The molecule has 9 heteroatoms. The molecule has 0 aliphatic carbocycles. The van der Waals surface area contributed by atoms with E-state index in [9.17, 15) is 9.59 Å². The van der Waals surface area contributed by atoms with Gasteiger partial charge in [0.05, 0.1) is 41.6 Å². The van der Waals surface area contributed by atoms with Gasteiger partial charge in [0, 0.05) is 34.4 Å². The van der Waals surface area contributed by atoms with Crippen molar-refractivity contribution in [3.8, 4) is 6.07 Å². The maximum absolute atomic E-state index is 13.5. The summed E-state index contributed by atoms with van der Waals surface area (Å²) < 4.78 is 3.03. The van der Waals surface area contributed by atoms with Crippen LogP contribution in [-0.4, -0.2) is 21.4 Å². The molecule has 2 aromatic carbocycles. The lowest BCUT2D eigenvalue weighted by Crippen LogP contribution is -2.31. The highest BCUT2D eigenvalue weighted by atomic mass is 32.1. The van der Waals surface area contributed by atoms with E-state index < -0.39 is 0 Å². The van der Waals surface area contributed by atoms with Gasteiger partial charge >= 0.3 is 0 Å². The van der Waals surface area contributed by atoms with E-state index in [4.69, 9.17) is 5.26 Å². The third-order valence-electron chi connectivity index (χ3n) is 6.89. The topological polar surface area (TPSA) is 91.0 Å². The number of nitrogens with zero attached hydrogens (tertiary/aromatic N) is 4. The average molecular weight is 582 g/mol. The predicted molar refractivity (Wildman–Crippen MR) is 165 cm³/mol. The Labute approximate surface area is 247 Å². The molecule has 5 aromatic rings. The lowest BCUT2D eigenvalue weighted by molar-refractivity contribution is -0.118. The molecule has 41 heavy (non-hydrogen) atoms. The number of thiophene rings is 2. The Balaban J connectivity index is 1.37. The Hall–Kier alpha value is -4.26. The molecule has 0 atom stereocenters. The Kier molecular flexibility index (Phi) is 9.24. The van der Waals surface area contributed by atoms with Crippen molar-refractivity contribution < 1.29 is 9.59 Å². The summed E-state index contributed by atoms with van der Waals surface area (Å²) >= 11 is 3.07. The standard InChI is InChI=1S/C32H31N5O2S2/c1-2-3-4-7-31(38)37(21-27-18-34-22-36(27)20-24-10-8-23(17-33)9-11-24)26-12-13-29-25(15-26)16-30(41-29)32(39)35-19-28-6-5-14-40-28/h5-6,8-16,18,22H,2-4,7,19-21H2,1H3,(H,35,39). The quantitative estimate of drug-likeness (QED) is 0.159. The van der Waals surface area contributed by atoms with Gasteiger partial charge in [-0.3, -0.25) is 9.59 Å². The van der Waals surface area contributed by atoms with Crippen molar-refractivity contribution in [2.75, 3.05) is 4.90 Å². The molecule has 208 valence electrons. The van der Waals surface area contributed by atoms with Gasteiger partial charge in [0.2, 0.25) is 5.91 Å². The average Bonchev–Trinajstić information content (AvgIpc) is 3.76. The number of nitrogens with one attached hydrogen (secondary N) is 1. The molecule has 0 aliphatic heterocycles. The minimum absolute atomic E-state index is 0.0630. The number of carbonyl (C=O) groups excluding carboxylic acids is 2. The van der Waals surface area contributed by atoms with E-state index >= 15 is 0 Å². The highest BCUT2D eigenvalue weighted by molar-refractivity contribution is 7.20. The first-order chi connectivity index (χ1) is 20.0. The molecule has 0 bridgehead atoms. The molecule has 0 unspecified atom stereocenters. The first kappa shape index (κ1) is 28.3. The summed E-state index contributed by atoms with van der Waals surface area (Å²) in [5.41, 5.74) is 3.38. The normalized spacial score (nSPS) is 10.9. The van der Waals surface area contributed by atoms with Gasteiger partial charge in [-0.25, -0.2) is 4.98 Å². The van der Waals surface area contributed by atoms with E-state index in [0.29, 0.717) is 36.5 Å². The molecule has 0 saturated heterocycles. The van der Waals surface area contributed by atoms with Gasteiger partial charge in [-0.05, 0) is 65.2 Å². The number of benzene rings is 2. The van der Waals surface area contributed by atoms with Crippen molar-refractivity contribution in [2.45, 2.75) is 52.2 Å². The van der Waals surface area contributed by atoms with E-state index in [-0.39, 0.29) is 11.8 Å². The van der Waals surface area contributed by atoms with Crippen LogP contribution in [0.2, 0.25) is 0 Å². The SMILES string of the molecule is CCCCCC(=O)N(Cc1cncn1Cc1ccc(C#N)cc1)c1ccc2sc(C(=O)NCc3cccs3)cc2c1. The fourth-order valence-electron chi connectivity index (χ4n) is 4.63. The van der Waals surface area contributed by atoms with E-state index in [0.717, 1.165) is 51.2 Å². The largest absolute Gasteiger partial charge is 0.346 e. The highest BCUT2D eigenvalue weighted by Gasteiger charge is 2.20. The van der Waals surface area contributed by atoms with Gasteiger partial charge in [0.1, 0.15) is 0 Å². The maximum Gasteiger partial charge on any atom is 0.261 e. The minimum atomic E-state index is -0.0969. The Morgan fingerprint density at radius 1 is 1.10 bits per heavy atom. The van der Waals surface area contributed by atoms with Crippen LogP contribution < -0.4 is 10.2 Å². The molecular weight excluding hydrogens is 551 g/mol. The number of hydrogen-bond donors (Lipinski definition) is 1. The fraction of sp³-hybridized carbons (Fsp3) is 0.250. The second-order valence-electron chi connectivity index (χ2n) is 9.85. The van der Waals surface area contributed by atoms with Crippen LogP contribution in [0.1, 0.15) is 64.0 Å². The summed E-state index contributed by atoms with van der Waals surface area (Å²) in [4.78, 5) is 34.3. The zero-order valence-corrected chi connectivity index (χ0v) is 24.5. The maximum atomic E-state index is 13.5. The number of unbranched alkanes of at least 4 members (excludes halogenated alkanes) is 2. The fourth-order valence-corrected chi connectivity index (χ4v) is 6.23. The number of carbonyl (C=O) groups is 2. The first-order valence-corrected chi connectivity index (χ1v) is 15.4. The van der Waals surface area contributed by atoms with E-state index in [1.165, 1.54) is 11.3 Å². The van der Waals surface area contributed by atoms with Crippen molar-refractivity contribution in [1.29, 1.82) is 5.26 Å². The second-order valence-corrected chi connectivity index (χ2v) is 12.0. The van der Waals surface area contributed by atoms with E-state index in [1.807, 2.05) is 75.5 Å². The predicted octanol–water partition coefficient (Wildman–Crippen LogP) is 7.12. The van der Waals surface area contributed by atoms with Crippen LogP contribution in [0.5, 0.6) is 0 Å². The van der Waals surface area contributed by atoms with Crippen LogP contribution in [0.3, 0.4) is 0 Å². The Bertz CT molecular complexity index is 1660. The number of fused-ring (bicyclic) bond motifs is 1. The Morgan fingerprint density at radius 3 is 2.71 bits per heavy atom. The summed E-state index contributed by atoms with van der Waals surface area (Å²) in [6.45, 7) is 3.60. The minimum Gasteiger partial charge on any atom is -0.346 e. The van der Waals surface area contributed by atoms with Gasteiger partial charge in [-0.2, -0.15) is 5.26 Å².